The van der Waals surface area contributed by atoms with Crippen molar-refractivity contribution in [3.8, 4) is 0 Å². The van der Waals surface area contributed by atoms with Gasteiger partial charge in [-0.05, 0) is 19.8 Å². The van der Waals surface area contributed by atoms with Crippen molar-refractivity contribution < 1.29 is 9.32 Å². The molecule has 0 aromatic carbocycles. The average Bonchev–Trinajstić information content (AvgIpc) is 2.80. The summed E-state index contributed by atoms with van der Waals surface area (Å²) in [6, 6.07) is 1.64. The Balaban J connectivity index is 2.03. The van der Waals surface area contributed by atoms with Gasteiger partial charge >= 0.3 is 0 Å². The number of carbonyl (C=O) groups excluding carboxylic acids is 1. The predicted molar refractivity (Wildman–Crippen MR) is 54.5 cm³/mol. The lowest BCUT2D eigenvalue weighted by Crippen LogP contribution is -2.38. The number of amides is 1. The fourth-order valence-corrected chi connectivity index (χ4v) is 1.92. The molecule has 1 saturated carbocycles. The first kappa shape index (κ1) is 9.71. The van der Waals surface area contributed by atoms with Crippen molar-refractivity contribution in [3.05, 3.63) is 17.5 Å². The summed E-state index contributed by atoms with van der Waals surface area (Å²) >= 11 is 3.38. The van der Waals surface area contributed by atoms with E-state index in [1.54, 1.807) is 13.0 Å². The summed E-state index contributed by atoms with van der Waals surface area (Å²) < 4.78 is 4.83. The molecule has 0 spiro atoms. The van der Waals surface area contributed by atoms with Crippen LogP contribution in [0.4, 0.5) is 0 Å². The van der Waals surface area contributed by atoms with Gasteiger partial charge in [0, 0.05) is 11.4 Å². The SMILES string of the molecule is Cc1cc(C(=O)NC2(CBr)CC2)no1. The highest BCUT2D eigenvalue weighted by Gasteiger charge is 2.43. The molecule has 0 saturated heterocycles. The molecule has 5 heteroatoms. The maximum Gasteiger partial charge on any atom is 0.273 e. The Hall–Kier alpha value is -0.840. The van der Waals surface area contributed by atoms with Crippen LogP contribution in [0.3, 0.4) is 0 Å². The van der Waals surface area contributed by atoms with Crippen molar-refractivity contribution in [2.24, 2.45) is 0 Å². The van der Waals surface area contributed by atoms with E-state index in [0.717, 1.165) is 18.2 Å². The molecule has 1 aromatic heterocycles. The van der Waals surface area contributed by atoms with Gasteiger partial charge in [0.1, 0.15) is 5.76 Å². The molecular formula is C9H11BrN2O2. The van der Waals surface area contributed by atoms with Gasteiger partial charge in [-0.3, -0.25) is 4.79 Å². The molecule has 1 amide bonds. The van der Waals surface area contributed by atoms with Crippen molar-refractivity contribution in [2.75, 3.05) is 5.33 Å². The Bertz CT molecular complexity index is 357. The summed E-state index contributed by atoms with van der Waals surface area (Å²) in [7, 11) is 0. The molecule has 1 N–H and O–H groups in total. The highest BCUT2D eigenvalue weighted by Crippen LogP contribution is 2.37. The summed E-state index contributed by atoms with van der Waals surface area (Å²) in [5, 5.41) is 7.39. The van der Waals surface area contributed by atoms with Crippen LogP contribution in [0.5, 0.6) is 0 Å². The molecule has 0 aliphatic heterocycles. The van der Waals surface area contributed by atoms with E-state index in [2.05, 4.69) is 26.4 Å². The number of carbonyl (C=O) groups is 1. The van der Waals surface area contributed by atoms with E-state index < -0.39 is 0 Å². The molecule has 1 aliphatic carbocycles. The second-order valence-corrected chi connectivity index (χ2v) is 4.25. The highest BCUT2D eigenvalue weighted by molar-refractivity contribution is 9.09. The first-order valence-electron chi connectivity index (χ1n) is 4.47. The Morgan fingerprint density at radius 3 is 2.93 bits per heavy atom. The third kappa shape index (κ3) is 1.82. The number of hydrogen-bond acceptors (Lipinski definition) is 3. The summed E-state index contributed by atoms with van der Waals surface area (Å²) in [4.78, 5) is 11.6. The van der Waals surface area contributed by atoms with Crippen LogP contribution in [0.1, 0.15) is 29.1 Å². The normalized spacial score (nSPS) is 17.9. The van der Waals surface area contributed by atoms with Gasteiger partial charge in [-0.15, -0.1) is 0 Å². The first-order chi connectivity index (χ1) is 6.65. The number of nitrogens with zero attached hydrogens (tertiary/aromatic N) is 1. The Morgan fingerprint density at radius 1 is 1.79 bits per heavy atom. The van der Waals surface area contributed by atoms with Crippen LogP contribution in [0.15, 0.2) is 10.6 Å². The topological polar surface area (TPSA) is 55.1 Å². The minimum atomic E-state index is -0.154. The number of alkyl halides is 1. The van der Waals surface area contributed by atoms with Gasteiger partial charge in [-0.1, -0.05) is 21.1 Å². The van der Waals surface area contributed by atoms with E-state index >= 15 is 0 Å². The molecule has 0 radical (unpaired) electrons. The Kier molecular flexibility index (Phi) is 2.34. The highest BCUT2D eigenvalue weighted by atomic mass is 79.9. The van der Waals surface area contributed by atoms with Gasteiger partial charge in [0.05, 0.1) is 5.54 Å². The quantitative estimate of drug-likeness (QED) is 0.839. The maximum atomic E-state index is 11.6. The zero-order valence-corrected chi connectivity index (χ0v) is 9.43. The lowest BCUT2D eigenvalue weighted by Gasteiger charge is -2.12. The molecule has 1 fully saturated rings. The van der Waals surface area contributed by atoms with E-state index in [-0.39, 0.29) is 11.4 Å². The van der Waals surface area contributed by atoms with Crippen molar-refractivity contribution in [1.82, 2.24) is 10.5 Å². The van der Waals surface area contributed by atoms with Crippen LogP contribution in [0, 0.1) is 6.92 Å². The van der Waals surface area contributed by atoms with E-state index in [0.29, 0.717) is 11.5 Å². The second-order valence-electron chi connectivity index (χ2n) is 3.69. The molecule has 1 aliphatic rings. The van der Waals surface area contributed by atoms with E-state index in [4.69, 9.17) is 4.52 Å². The molecular weight excluding hydrogens is 248 g/mol. The lowest BCUT2D eigenvalue weighted by atomic mass is 10.3. The number of aromatic nitrogens is 1. The standard InChI is InChI=1S/C9H11BrN2O2/c1-6-4-7(12-14-6)8(13)11-9(5-10)2-3-9/h4H,2-3,5H2,1H3,(H,11,13). The van der Waals surface area contributed by atoms with Crippen LogP contribution in [0.25, 0.3) is 0 Å². The third-order valence-corrected chi connectivity index (χ3v) is 3.42. The molecule has 0 bridgehead atoms. The maximum absolute atomic E-state index is 11.6. The number of aryl methyl sites for hydroxylation is 1. The summed E-state index contributed by atoms with van der Waals surface area (Å²) in [5.74, 6) is 0.498. The van der Waals surface area contributed by atoms with E-state index in [1.807, 2.05) is 0 Å². The molecule has 14 heavy (non-hydrogen) atoms. The minimum Gasteiger partial charge on any atom is -0.361 e. The van der Waals surface area contributed by atoms with Crippen molar-refractivity contribution in [3.63, 3.8) is 0 Å². The van der Waals surface area contributed by atoms with Crippen LogP contribution >= 0.6 is 15.9 Å². The van der Waals surface area contributed by atoms with Gasteiger partial charge < -0.3 is 9.84 Å². The van der Waals surface area contributed by atoms with E-state index in [9.17, 15) is 4.79 Å². The predicted octanol–water partition coefficient (Wildman–Crippen LogP) is 1.64. The summed E-state index contributed by atoms with van der Waals surface area (Å²) in [5.41, 5.74) is 0.318. The van der Waals surface area contributed by atoms with Crippen molar-refractivity contribution >= 4 is 21.8 Å². The lowest BCUT2D eigenvalue weighted by molar-refractivity contribution is 0.0927. The van der Waals surface area contributed by atoms with Gasteiger partial charge in [0.25, 0.3) is 5.91 Å². The summed E-state index contributed by atoms with van der Waals surface area (Å²) in [6.07, 6.45) is 2.06. The smallest absolute Gasteiger partial charge is 0.273 e. The molecule has 2 rings (SSSR count). The van der Waals surface area contributed by atoms with Gasteiger partial charge in [0.15, 0.2) is 5.69 Å². The third-order valence-electron chi connectivity index (χ3n) is 2.35. The largest absolute Gasteiger partial charge is 0.361 e. The molecule has 1 aromatic rings. The molecule has 0 unspecified atom stereocenters. The van der Waals surface area contributed by atoms with E-state index in [1.165, 1.54) is 0 Å². The van der Waals surface area contributed by atoms with Crippen LogP contribution in [-0.2, 0) is 0 Å². The van der Waals surface area contributed by atoms with Crippen LogP contribution < -0.4 is 5.32 Å². The van der Waals surface area contributed by atoms with Crippen LogP contribution in [-0.4, -0.2) is 21.9 Å². The fourth-order valence-electron chi connectivity index (χ4n) is 1.22. The average molecular weight is 259 g/mol. The number of halogens is 1. The number of rotatable bonds is 3. The van der Waals surface area contributed by atoms with Gasteiger partial charge in [-0.25, -0.2) is 0 Å². The molecule has 4 nitrogen and oxygen atoms in total. The summed E-state index contributed by atoms with van der Waals surface area (Å²) in [6.45, 7) is 1.77. The second kappa shape index (κ2) is 3.38. The molecule has 1 heterocycles. The first-order valence-corrected chi connectivity index (χ1v) is 5.59. The minimum absolute atomic E-state index is 0.0378. The van der Waals surface area contributed by atoms with Crippen LogP contribution in [0.2, 0.25) is 0 Å². The number of hydrogen-bond donors (Lipinski definition) is 1. The fraction of sp³-hybridized carbons (Fsp3) is 0.556. The zero-order valence-electron chi connectivity index (χ0n) is 7.84. The van der Waals surface area contributed by atoms with Crippen molar-refractivity contribution in [1.29, 1.82) is 0 Å². The zero-order chi connectivity index (χ0) is 10.2. The van der Waals surface area contributed by atoms with Gasteiger partial charge in [0.2, 0.25) is 0 Å². The Morgan fingerprint density at radius 2 is 2.50 bits per heavy atom. The number of nitrogens with one attached hydrogen (secondary N) is 1. The monoisotopic (exact) mass is 258 g/mol. The van der Waals surface area contributed by atoms with Crippen molar-refractivity contribution in [2.45, 2.75) is 25.3 Å². The Labute approximate surface area is 90.2 Å². The molecule has 76 valence electrons. The van der Waals surface area contributed by atoms with Gasteiger partial charge in [-0.2, -0.15) is 0 Å². The molecule has 0 atom stereocenters.